The maximum Gasteiger partial charge on any atom is 0.356 e. The Kier molecular flexibility index (Phi) is 2.81. The average molecular weight is 194 g/mol. The summed E-state index contributed by atoms with van der Waals surface area (Å²) in [5.74, 6) is -0.874. The molecule has 1 aromatic heterocycles. The third-order valence-electron chi connectivity index (χ3n) is 1.65. The highest BCUT2D eigenvalue weighted by molar-refractivity contribution is 5.98. The van der Waals surface area contributed by atoms with Gasteiger partial charge in [-0.05, 0) is 12.1 Å². The van der Waals surface area contributed by atoms with E-state index in [4.69, 9.17) is 5.73 Å². The fourth-order valence-electron chi connectivity index (χ4n) is 0.970. The molecule has 0 fully saturated rings. The smallest absolute Gasteiger partial charge is 0.356 e. The van der Waals surface area contributed by atoms with Gasteiger partial charge in [0.05, 0.1) is 12.8 Å². The molecule has 0 radical (unpaired) electrons. The summed E-state index contributed by atoms with van der Waals surface area (Å²) < 4.78 is 4.46. The first-order valence-electron chi connectivity index (χ1n) is 3.92. The van der Waals surface area contributed by atoms with Gasteiger partial charge in [-0.25, -0.2) is 9.78 Å². The number of esters is 1. The van der Waals surface area contributed by atoms with Crippen molar-refractivity contribution < 1.29 is 14.3 Å². The number of hydrogen-bond acceptors (Lipinski definition) is 5. The second-order valence-corrected chi connectivity index (χ2v) is 2.68. The number of hydrogen-bond donors (Lipinski definition) is 1. The number of rotatable bonds is 2. The third kappa shape index (κ3) is 1.87. The van der Waals surface area contributed by atoms with Gasteiger partial charge in [0.25, 0.3) is 0 Å². The zero-order valence-electron chi connectivity index (χ0n) is 7.90. The molecule has 0 amide bonds. The Morgan fingerprint density at radius 1 is 1.43 bits per heavy atom. The van der Waals surface area contributed by atoms with Crippen LogP contribution in [-0.2, 0) is 4.74 Å². The van der Waals surface area contributed by atoms with Crippen molar-refractivity contribution in [2.24, 2.45) is 0 Å². The van der Waals surface area contributed by atoms with Crippen molar-refractivity contribution in [3.8, 4) is 0 Å². The van der Waals surface area contributed by atoms with Crippen molar-refractivity contribution in [2.45, 2.75) is 6.92 Å². The molecule has 5 nitrogen and oxygen atoms in total. The van der Waals surface area contributed by atoms with Gasteiger partial charge in [0.2, 0.25) is 0 Å². The number of aromatic nitrogens is 1. The van der Waals surface area contributed by atoms with E-state index in [1.807, 2.05) is 0 Å². The summed E-state index contributed by atoms with van der Waals surface area (Å²) in [6, 6.07) is 2.86. The van der Waals surface area contributed by atoms with Crippen molar-refractivity contribution in [3.05, 3.63) is 23.5 Å². The lowest BCUT2D eigenvalue weighted by Crippen LogP contribution is -2.10. The van der Waals surface area contributed by atoms with Crippen LogP contribution in [0.4, 0.5) is 5.69 Å². The molecular formula is C9H10N2O3. The minimum atomic E-state index is -0.590. The van der Waals surface area contributed by atoms with Gasteiger partial charge in [0.15, 0.2) is 5.78 Å². The van der Waals surface area contributed by atoms with Gasteiger partial charge in [0.1, 0.15) is 11.4 Å². The number of carbonyl (C=O) groups excluding carboxylic acids is 2. The molecular weight excluding hydrogens is 184 g/mol. The van der Waals surface area contributed by atoms with E-state index in [1.165, 1.54) is 26.2 Å². The molecule has 1 rings (SSSR count). The molecule has 0 aliphatic carbocycles. The van der Waals surface area contributed by atoms with Gasteiger partial charge < -0.3 is 10.5 Å². The van der Waals surface area contributed by atoms with Crippen molar-refractivity contribution in [3.63, 3.8) is 0 Å². The Labute approximate surface area is 80.9 Å². The molecule has 0 saturated carbocycles. The molecule has 0 unspecified atom stereocenters. The Hall–Kier alpha value is -1.91. The number of nitrogen functional groups attached to an aromatic ring is 1. The van der Waals surface area contributed by atoms with Crippen LogP contribution in [0.25, 0.3) is 0 Å². The Morgan fingerprint density at radius 2 is 2.07 bits per heavy atom. The summed E-state index contributed by atoms with van der Waals surface area (Å²) in [6.45, 7) is 1.33. The van der Waals surface area contributed by atoms with Crippen molar-refractivity contribution in [1.29, 1.82) is 0 Å². The number of anilines is 1. The van der Waals surface area contributed by atoms with Crippen molar-refractivity contribution >= 4 is 17.4 Å². The van der Waals surface area contributed by atoms with Crippen molar-refractivity contribution in [1.82, 2.24) is 4.98 Å². The van der Waals surface area contributed by atoms with E-state index in [1.54, 1.807) is 0 Å². The molecule has 1 aromatic rings. The monoisotopic (exact) mass is 194 g/mol. The van der Waals surface area contributed by atoms with Gasteiger partial charge in [-0.1, -0.05) is 0 Å². The number of Topliss-reactive ketones (excluding diaryl/α,β-unsaturated/α-hetero) is 1. The SMILES string of the molecule is COC(=O)c1ccc(N)c(C(C)=O)n1. The van der Waals surface area contributed by atoms with Crippen LogP contribution in [0.1, 0.15) is 27.9 Å². The van der Waals surface area contributed by atoms with Crippen molar-refractivity contribution in [2.75, 3.05) is 12.8 Å². The van der Waals surface area contributed by atoms with E-state index in [-0.39, 0.29) is 22.9 Å². The standard InChI is InChI=1S/C9H10N2O3/c1-5(12)8-6(10)3-4-7(11-8)9(13)14-2/h3-4H,10H2,1-2H3. The van der Waals surface area contributed by atoms with Crippen LogP contribution < -0.4 is 5.73 Å². The lowest BCUT2D eigenvalue weighted by molar-refractivity contribution is 0.0594. The minimum Gasteiger partial charge on any atom is -0.464 e. The van der Waals surface area contributed by atoms with Gasteiger partial charge >= 0.3 is 5.97 Å². The topological polar surface area (TPSA) is 82.3 Å². The van der Waals surface area contributed by atoms with E-state index < -0.39 is 5.97 Å². The highest BCUT2D eigenvalue weighted by Gasteiger charge is 2.12. The predicted molar refractivity (Wildman–Crippen MR) is 50.0 cm³/mol. The summed E-state index contributed by atoms with van der Waals surface area (Å²) >= 11 is 0. The predicted octanol–water partition coefficient (Wildman–Crippen LogP) is 0.653. The molecule has 0 atom stereocenters. The molecule has 0 aromatic carbocycles. The summed E-state index contributed by atoms with van der Waals surface area (Å²) in [5.41, 5.74) is 5.92. The van der Waals surface area contributed by atoms with Crippen LogP contribution in [0, 0.1) is 0 Å². The summed E-state index contributed by atoms with van der Waals surface area (Å²) in [6.07, 6.45) is 0. The maximum absolute atomic E-state index is 11.1. The summed E-state index contributed by atoms with van der Waals surface area (Å²) in [7, 11) is 1.24. The highest BCUT2D eigenvalue weighted by Crippen LogP contribution is 2.10. The lowest BCUT2D eigenvalue weighted by atomic mass is 10.2. The molecule has 5 heteroatoms. The minimum absolute atomic E-state index is 0.0758. The van der Waals surface area contributed by atoms with E-state index in [2.05, 4.69) is 9.72 Å². The first-order chi connectivity index (χ1) is 6.56. The molecule has 0 bridgehead atoms. The van der Waals surface area contributed by atoms with Gasteiger partial charge in [0, 0.05) is 6.92 Å². The molecule has 14 heavy (non-hydrogen) atoms. The molecule has 0 aliphatic rings. The van der Waals surface area contributed by atoms with E-state index in [0.29, 0.717) is 0 Å². The number of methoxy groups -OCH3 is 1. The number of nitrogens with zero attached hydrogens (tertiary/aromatic N) is 1. The Balaban J connectivity index is 3.19. The fraction of sp³-hybridized carbons (Fsp3) is 0.222. The summed E-state index contributed by atoms with van der Waals surface area (Å²) in [4.78, 5) is 25.9. The number of nitrogens with two attached hydrogens (primary N) is 1. The largest absolute Gasteiger partial charge is 0.464 e. The van der Waals surface area contributed by atoms with Crippen LogP contribution in [-0.4, -0.2) is 23.8 Å². The van der Waals surface area contributed by atoms with E-state index >= 15 is 0 Å². The first-order valence-corrected chi connectivity index (χ1v) is 3.92. The lowest BCUT2D eigenvalue weighted by Gasteiger charge is -2.03. The van der Waals surface area contributed by atoms with Crippen LogP contribution in [0.15, 0.2) is 12.1 Å². The Morgan fingerprint density at radius 3 is 2.57 bits per heavy atom. The van der Waals surface area contributed by atoms with Crippen LogP contribution in [0.3, 0.4) is 0 Å². The molecule has 1 heterocycles. The molecule has 0 spiro atoms. The maximum atomic E-state index is 11.1. The number of carbonyl (C=O) groups is 2. The number of ether oxygens (including phenoxy) is 1. The zero-order chi connectivity index (χ0) is 10.7. The molecule has 0 aliphatic heterocycles. The normalized spacial score (nSPS) is 9.57. The van der Waals surface area contributed by atoms with E-state index in [0.717, 1.165) is 0 Å². The molecule has 0 saturated heterocycles. The average Bonchev–Trinajstić information content (AvgIpc) is 2.17. The molecule has 2 N–H and O–H groups in total. The van der Waals surface area contributed by atoms with Crippen LogP contribution in [0.5, 0.6) is 0 Å². The second kappa shape index (κ2) is 3.87. The van der Waals surface area contributed by atoms with Gasteiger partial charge in [-0.15, -0.1) is 0 Å². The van der Waals surface area contributed by atoms with Crippen LogP contribution in [0.2, 0.25) is 0 Å². The number of pyridine rings is 1. The zero-order valence-corrected chi connectivity index (χ0v) is 7.90. The molecule has 74 valence electrons. The van der Waals surface area contributed by atoms with Crippen LogP contribution >= 0.6 is 0 Å². The van der Waals surface area contributed by atoms with E-state index in [9.17, 15) is 9.59 Å². The summed E-state index contributed by atoms with van der Waals surface area (Å²) in [5, 5.41) is 0. The quantitative estimate of drug-likeness (QED) is 0.552. The fourth-order valence-corrected chi connectivity index (χ4v) is 0.970. The second-order valence-electron chi connectivity index (χ2n) is 2.68. The van der Waals surface area contributed by atoms with Gasteiger partial charge in [-0.2, -0.15) is 0 Å². The highest BCUT2D eigenvalue weighted by atomic mass is 16.5. The number of ketones is 1. The first kappa shape index (κ1) is 10.2. The third-order valence-corrected chi connectivity index (χ3v) is 1.65. The Bertz CT molecular complexity index is 388. The van der Waals surface area contributed by atoms with Gasteiger partial charge in [-0.3, -0.25) is 4.79 Å².